The van der Waals surface area contributed by atoms with Crippen molar-refractivity contribution in [1.82, 2.24) is 10.6 Å². The van der Waals surface area contributed by atoms with Crippen molar-refractivity contribution < 1.29 is 14.6 Å². The van der Waals surface area contributed by atoms with Crippen molar-refractivity contribution in [2.24, 2.45) is 5.92 Å². The molecule has 2 amide bonds. The van der Waals surface area contributed by atoms with E-state index in [2.05, 4.69) is 10.6 Å². The van der Waals surface area contributed by atoms with Gasteiger partial charge in [-0.15, -0.1) is 0 Å². The van der Waals surface area contributed by atoms with Gasteiger partial charge in [-0.1, -0.05) is 25.7 Å². The van der Waals surface area contributed by atoms with E-state index in [0.29, 0.717) is 12.5 Å². The number of carbonyl (C=O) groups is 1. The fourth-order valence-corrected chi connectivity index (χ4v) is 3.99. The van der Waals surface area contributed by atoms with Crippen molar-refractivity contribution >= 4 is 6.03 Å². The number of carbonyl (C=O) groups excluding carboxylic acids is 1. The Balaban J connectivity index is 1.70. The Bertz CT molecular complexity index is 337. The molecular formula is C17H32N2O3. The smallest absolute Gasteiger partial charge is 0.315 e. The Hall–Kier alpha value is -0.810. The second-order valence-corrected chi connectivity index (χ2v) is 6.85. The average molecular weight is 312 g/mol. The normalized spacial score (nSPS) is 22.6. The maximum atomic E-state index is 12.0. The molecule has 128 valence electrons. The van der Waals surface area contributed by atoms with E-state index in [1.807, 2.05) is 6.92 Å². The fourth-order valence-electron chi connectivity index (χ4n) is 3.99. The van der Waals surface area contributed by atoms with Crippen LogP contribution in [0.4, 0.5) is 4.79 Å². The highest BCUT2D eigenvalue weighted by Gasteiger charge is 2.34. The summed E-state index contributed by atoms with van der Waals surface area (Å²) in [5.41, 5.74) is -0.394. The zero-order chi connectivity index (χ0) is 15.8. The van der Waals surface area contributed by atoms with Crippen molar-refractivity contribution in [3.05, 3.63) is 0 Å². The highest BCUT2D eigenvalue weighted by Crippen LogP contribution is 2.31. The van der Waals surface area contributed by atoms with Crippen LogP contribution in [0.1, 0.15) is 64.7 Å². The van der Waals surface area contributed by atoms with Crippen LogP contribution in [0.15, 0.2) is 0 Å². The molecule has 2 fully saturated rings. The molecule has 22 heavy (non-hydrogen) atoms. The number of nitrogens with one attached hydrogen (secondary N) is 2. The Morgan fingerprint density at radius 1 is 1.27 bits per heavy atom. The summed E-state index contributed by atoms with van der Waals surface area (Å²) < 4.78 is 5.87. The van der Waals surface area contributed by atoms with Crippen molar-refractivity contribution in [1.29, 1.82) is 0 Å². The van der Waals surface area contributed by atoms with Gasteiger partial charge in [0.15, 0.2) is 0 Å². The standard InChI is InChI=1S/C17H32N2O3/c1-2-22-15(14-7-3-4-8-14)9-12-18-16(21)19-17(13-20)10-5-6-11-17/h14-15,20H,2-13H2,1H3,(H2,18,19,21). The van der Waals surface area contributed by atoms with Crippen LogP contribution in [0.3, 0.4) is 0 Å². The predicted molar refractivity (Wildman–Crippen MR) is 86.8 cm³/mol. The lowest BCUT2D eigenvalue weighted by atomic mass is 9.98. The molecular weight excluding hydrogens is 280 g/mol. The van der Waals surface area contributed by atoms with Gasteiger partial charge >= 0.3 is 6.03 Å². The van der Waals surface area contributed by atoms with Crippen LogP contribution in [0.25, 0.3) is 0 Å². The van der Waals surface area contributed by atoms with Crippen LogP contribution in [0.5, 0.6) is 0 Å². The molecule has 1 unspecified atom stereocenters. The first-order valence-electron chi connectivity index (χ1n) is 8.97. The largest absolute Gasteiger partial charge is 0.394 e. The van der Waals surface area contributed by atoms with Crippen LogP contribution < -0.4 is 10.6 Å². The topological polar surface area (TPSA) is 70.6 Å². The molecule has 0 bridgehead atoms. The number of urea groups is 1. The zero-order valence-corrected chi connectivity index (χ0v) is 13.9. The van der Waals surface area contributed by atoms with Crippen molar-refractivity contribution in [2.75, 3.05) is 19.8 Å². The highest BCUT2D eigenvalue weighted by atomic mass is 16.5. The molecule has 0 aromatic carbocycles. The second-order valence-electron chi connectivity index (χ2n) is 6.85. The van der Waals surface area contributed by atoms with Gasteiger partial charge in [0.1, 0.15) is 0 Å². The minimum Gasteiger partial charge on any atom is -0.394 e. The van der Waals surface area contributed by atoms with Crippen molar-refractivity contribution in [3.63, 3.8) is 0 Å². The van der Waals surface area contributed by atoms with Gasteiger partial charge in [0.25, 0.3) is 0 Å². The summed E-state index contributed by atoms with van der Waals surface area (Å²) in [6.07, 6.45) is 10.2. The molecule has 2 aliphatic rings. The number of aliphatic hydroxyl groups excluding tert-OH is 1. The molecule has 0 saturated heterocycles. The summed E-state index contributed by atoms with van der Waals surface area (Å²) in [5, 5.41) is 15.4. The number of rotatable bonds is 8. The van der Waals surface area contributed by atoms with E-state index in [0.717, 1.165) is 38.7 Å². The summed E-state index contributed by atoms with van der Waals surface area (Å²) in [7, 11) is 0. The molecule has 3 N–H and O–H groups in total. The van der Waals surface area contributed by atoms with Gasteiger partial charge in [0.05, 0.1) is 18.2 Å². The zero-order valence-electron chi connectivity index (χ0n) is 13.9. The minimum atomic E-state index is -0.394. The number of hydrogen-bond donors (Lipinski definition) is 3. The Morgan fingerprint density at radius 2 is 1.95 bits per heavy atom. The van der Waals surface area contributed by atoms with Crippen LogP contribution in [0.2, 0.25) is 0 Å². The van der Waals surface area contributed by atoms with E-state index in [9.17, 15) is 9.90 Å². The number of hydrogen-bond acceptors (Lipinski definition) is 3. The average Bonchev–Trinajstić information content (AvgIpc) is 3.18. The maximum Gasteiger partial charge on any atom is 0.315 e. The van der Waals surface area contributed by atoms with Crippen LogP contribution >= 0.6 is 0 Å². The number of ether oxygens (including phenoxy) is 1. The van der Waals surface area contributed by atoms with Gasteiger partial charge in [-0.25, -0.2) is 4.79 Å². The van der Waals surface area contributed by atoms with Crippen LogP contribution in [0, 0.1) is 5.92 Å². The molecule has 0 heterocycles. The third-order valence-electron chi connectivity index (χ3n) is 5.26. The van der Waals surface area contributed by atoms with Gasteiger partial charge < -0.3 is 20.5 Å². The first-order chi connectivity index (χ1) is 10.7. The Kier molecular flexibility index (Phi) is 6.96. The van der Waals surface area contributed by atoms with Crippen molar-refractivity contribution in [3.8, 4) is 0 Å². The number of amides is 2. The van der Waals surface area contributed by atoms with Gasteiger partial charge in [-0.05, 0) is 44.9 Å². The molecule has 0 aromatic heterocycles. The first kappa shape index (κ1) is 17.5. The Labute approximate surface area is 134 Å². The van der Waals surface area contributed by atoms with E-state index in [1.54, 1.807) is 0 Å². The van der Waals surface area contributed by atoms with E-state index in [4.69, 9.17) is 4.74 Å². The van der Waals surface area contributed by atoms with Crippen LogP contribution in [-0.2, 0) is 4.74 Å². The van der Waals surface area contributed by atoms with Gasteiger partial charge in [0.2, 0.25) is 0 Å². The van der Waals surface area contributed by atoms with Gasteiger partial charge in [-0.2, -0.15) is 0 Å². The van der Waals surface area contributed by atoms with Crippen LogP contribution in [-0.4, -0.2) is 42.5 Å². The van der Waals surface area contributed by atoms with E-state index >= 15 is 0 Å². The summed E-state index contributed by atoms with van der Waals surface area (Å²) in [6, 6.07) is -0.155. The van der Waals surface area contributed by atoms with E-state index in [1.165, 1.54) is 25.7 Å². The molecule has 5 heteroatoms. The summed E-state index contributed by atoms with van der Waals surface area (Å²) in [5.74, 6) is 0.656. The van der Waals surface area contributed by atoms with E-state index < -0.39 is 5.54 Å². The molecule has 2 aliphatic carbocycles. The molecule has 0 spiro atoms. The van der Waals surface area contributed by atoms with Crippen molar-refractivity contribution in [2.45, 2.75) is 76.4 Å². The fraction of sp³-hybridized carbons (Fsp3) is 0.941. The molecule has 5 nitrogen and oxygen atoms in total. The maximum absolute atomic E-state index is 12.0. The van der Waals surface area contributed by atoms with E-state index in [-0.39, 0.29) is 18.7 Å². The summed E-state index contributed by atoms with van der Waals surface area (Å²) in [6.45, 7) is 3.44. The molecule has 0 radical (unpaired) electrons. The predicted octanol–water partition coefficient (Wildman–Crippen LogP) is 2.58. The quantitative estimate of drug-likeness (QED) is 0.645. The molecule has 2 saturated carbocycles. The lowest BCUT2D eigenvalue weighted by molar-refractivity contribution is 0.0166. The first-order valence-corrected chi connectivity index (χ1v) is 8.97. The molecule has 2 rings (SSSR count). The Morgan fingerprint density at radius 3 is 2.55 bits per heavy atom. The lowest BCUT2D eigenvalue weighted by Crippen LogP contribution is -2.53. The highest BCUT2D eigenvalue weighted by molar-refractivity contribution is 5.74. The van der Waals surface area contributed by atoms with Gasteiger partial charge in [-0.3, -0.25) is 0 Å². The summed E-state index contributed by atoms with van der Waals surface area (Å²) in [4.78, 5) is 12.0. The molecule has 1 atom stereocenters. The number of aliphatic hydroxyl groups is 1. The second kappa shape index (κ2) is 8.73. The molecule has 0 aliphatic heterocycles. The lowest BCUT2D eigenvalue weighted by Gasteiger charge is -2.28. The monoisotopic (exact) mass is 312 g/mol. The minimum absolute atomic E-state index is 0.0318. The SMILES string of the molecule is CCOC(CCNC(=O)NC1(CO)CCCC1)C1CCCC1. The molecule has 0 aromatic rings. The third-order valence-corrected chi connectivity index (χ3v) is 5.26. The third kappa shape index (κ3) is 4.85. The summed E-state index contributed by atoms with van der Waals surface area (Å²) >= 11 is 0. The van der Waals surface area contributed by atoms with Gasteiger partial charge in [0, 0.05) is 13.2 Å².